The molecule has 72 valence electrons. The lowest BCUT2D eigenvalue weighted by Crippen LogP contribution is -2.20. The zero-order valence-electron chi connectivity index (χ0n) is 8.38. The van der Waals surface area contributed by atoms with Crippen molar-refractivity contribution in [2.24, 2.45) is 0 Å². The summed E-state index contributed by atoms with van der Waals surface area (Å²) < 4.78 is 10.9. The van der Waals surface area contributed by atoms with Crippen molar-refractivity contribution in [1.29, 1.82) is 0 Å². The van der Waals surface area contributed by atoms with Crippen LogP contribution in [0.5, 0.6) is 0 Å². The summed E-state index contributed by atoms with van der Waals surface area (Å²) in [7, 11) is -1.45. The highest BCUT2D eigenvalue weighted by molar-refractivity contribution is 6.50. The number of hydrogen-bond acceptors (Lipinski definition) is 2. The Bertz CT molecular complexity index is 109. The molecule has 0 N–H and O–H groups in total. The molecule has 0 bridgehead atoms. The summed E-state index contributed by atoms with van der Waals surface area (Å²) >= 11 is 0. The van der Waals surface area contributed by atoms with E-state index in [1.165, 1.54) is 6.42 Å². The molecule has 0 heterocycles. The van der Waals surface area contributed by atoms with Gasteiger partial charge < -0.3 is 8.85 Å². The molecule has 0 aromatic rings. The van der Waals surface area contributed by atoms with Crippen LogP contribution in [-0.4, -0.2) is 22.5 Å². The second-order valence-corrected chi connectivity index (χ2v) is 4.28. The van der Waals surface area contributed by atoms with Gasteiger partial charge in [-0.25, -0.2) is 0 Å². The summed E-state index contributed by atoms with van der Waals surface area (Å²) in [6.07, 6.45) is 4.49. The molecule has 0 aliphatic carbocycles. The first-order valence-electron chi connectivity index (χ1n) is 4.74. The van der Waals surface area contributed by atoms with Crippen molar-refractivity contribution >= 4 is 9.28 Å². The van der Waals surface area contributed by atoms with E-state index in [1.807, 2.05) is 13.8 Å². The van der Waals surface area contributed by atoms with Crippen molar-refractivity contribution in [3.63, 3.8) is 0 Å². The standard InChI is InChI=1S/C9H20O2Si/c1-4-7-8-9-12(10-5-2)11-6-3/h8-9,12H,4-7H2,1-3H3. The summed E-state index contributed by atoms with van der Waals surface area (Å²) in [5.74, 6) is 0. The SMILES string of the molecule is CCCC=C[SiH](OCC)OCC. The van der Waals surface area contributed by atoms with Gasteiger partial charge in [0.25, 0.3) is 0 Å². The molecule has 0 spiro atoms. The Morgan fingerprint density at radius 1 is 1.08 bits per heavy atom. The summed E-state index contributed by atoms with van der Waals surface area (Å²) in [5.41, 5.74) is 2.12. The third-order valence-corrected chi connectivity index (χ3v) is 3.32. The molecule has 0 atom stereocenters. The number of hydrogen-bond donors (Lipinski definition) is 0. The first-order valence-corrected chi connectivity index (χ1v) is 6.35. The fraction of sp³-hybridized carbons (Fsp3) is 0.778. The highest BCUT2D eigenvalue weighted by Gasteiger charge is 2.05. The molecule has 0 amide bonds. The van der Waals surface area contributed by atoms with Gasteiger partial charge in [-0.1, -0.05) is 19.4 Å². The maximum absolute atomic E-state index is 5.46. The first-order chi connectivity index (χ1) is 5.85. The topological polar surface area (TPSA) is 18.5 Å². The van der Waals surface area contributed by atoms with E-state index in [0.717, 1.165) is 19.6 Å². The second-order valence-electron chi connectivity index (χ2n) is 2.50. The van der Waals surface area contributed by atoms with E-state index in [0.29, 0.717) is 0 Å². The van der Waals surface area contributed by atoms with Crippen molar-refractivity contribution in [2.45, 2.75) is 33.6 Å². The van der Waals surface area contributed by atoms with Crippen molar-refractivity contribution in [1.82, 2.24) is 0 Å². The quantitative estimate of drug-likeness (QED) is 0.570. The molecule has 0 saturated carbocycles. The average molecular weight is 188 g/mol. The molecule has 3 heteroatoms. The Kier molecular flexibility index (Phi) is 8.88. The Balaban J connectivity index is 3.60. The fourth-order valence-corrected chi connectivity index (χ4v) is 2.25. The van der Waals surface area contributed by atoms with Crippen LogP contribution in [0.4, 0.5) is 0 Å². The van der Waals surface area contributed by atoms with Gasteiger partial charge in [0.15, 0.2) is 0 Å². The minimum Gasteiger partial charge on any atom is -0.394 e. The normalized spacial score (nSPS) is 11.7. The molecule has 12 heavy (non-hydrogen) atoms. The third-order valence-electron chi connectivity index (χ3n) is 1.41. The molecule has 2 nitrogen and oxygen atoms in total. The van der Waals surface area contributed by atoms with E-state index < -0.39 is 9.28 Å². The predicted molar refractivity (Wildman–Crippen MR) is 54.4 cm³/mol. The van der Waals surface area contributed by atoms with Crippen LogP contribution in [0.15, 0.2) is 11.8 Å². The smallest absolute Gasteiger partial charge is 0.348 e. The van der Waals surface area contributed by atoms with E-state index in [2.05, 4.69) is 18.7 Å². The van der Waals surface area contributed by atoms with E-state index in [1.54, 1.807) is 0 Å². The van der Waals surface area contributed by atoms with Gasteiger partial charge in [0.1, 0.15) is 0 Å². The average Bonchev–Trinajstić information content (AvgIpc) is 2.06. The summed E-state index contributed by atoms with van der Waals surface area (Å²) in [4.78, 5) is 0. The van der Waals surface area contributed by atoms with Crippen molar-refractivity contribution in [2.75, 3.05) is 13.2 Å². The van der Waals surface area contributed by atoms with Crippen molar-refractivity contribution < 1.29 is 8.85 Å². The molecule has 0 saturated heterocycles. The lowest BCUT2D eigenvalue weighted by atomic mass is 10.3. The summed E-state index contributed by atoms with van der Waals surface area (Å²) in [5, 5.41) is 0. The van der Waals surface area contributed by atoms with E-state index in [4.69, 9.17) is 8.85 Å². The fourth-order valence-electron chi connectivity index (χ4n) is 0.862. The molecule has 0 aromatic carbocycles. The molecule has 0 aliphatic rings. The van der Waals surface area contributed by atoms with Crippen LogP contribution in [-0.2, 0) is 8.85 Å². The van der Waals surface area contributed by atoms with E-state index in [-0.39, 0.29) is 0 Å². The van der Waals surface area contributed by atoms with Crippen molar-refractivity contribution in [3.05, 3.63) is 11.8 Å². The molecule has 0 aliphatic heterocycles. The maximum atomic E-state index is 5.46. The van der Waals surface area contributed by atoms with Crippen LogP contribution in [0.25, 0.3) is 0 Å². The highest BCUT2D eigenvalue weighted by atomic mass is 28.3. The Morgan fingerprint density at radius 3 is 2.08 bits per heavy atom. The molecular weight excluding hydrogens is 168 g/mol. The Labute approximate surface area is 77.4 Å². The Hall–Kier alpha value is -0.123. The first kappa shape index (κ1) is 11.9. The van der Waals surface area contributed by atoms with Crippen LogP contribution >= 0.6 is 0 Å². The van der Waals surface area contributed by atoms with Gasteiger partial charge in [0.2, 0.25) is 0 Å². The Morgan fingerprint density at radius 2 is 1.67 bits per heavy atom. The zero-order chi connectivity index (χ0) is 9.23. The molecule has 0 unspecified atom stereocenters. The summed E-state index contributed by atoms with van der Waals surface area (Å²) in [6.45, 7) is 7.70. The van der Waals surface area contributed by atoms with Gasteiger partial charge in [-0.3, -0.25) is 0 Å². The maximum Gasteiger partial charge on any atom is 0.348 e. The number of allylic oxidation sites excluding steroid dienone is 1. The predicted octanol–water partition coefficient (Wildman–Crippen LogP) is 2.18. The lowest BCUT2D eigenvalue weighted by Gasteiger charge is -2.09. The molecular formula is C9H20O2Si. The van der Waals surface area contributed by atoms with Gasteiger partial charge in [-0.05, 0) is 26.0 Å². The lowest BCUT2D eigenvalue weighted by molar-refractivity contribution is 0.224. The molecule has 0 rings (SSSR count). The third kappa shape index (κ3) is 6.58. The number of rotatable bonds is 7. The minimum absolute atomic E-state index is 0.757. The molecule has 0 radical (unpaired) electrons. The zero-order valence-corrected chi connectivity index (χ0v) is 9.53. The van der Waals surface area contributed by atoms with Crippen LogP contribution in [0.1, 0.15) is 33.6 Å². The van der Waals surface area contributed by atoms with E-state index >= 15 is 0 Å². The van der Waals surface area contributed by atoms with Crippen LogP contribution < -0.4 is 0 Å². The minimum atomic E-state index is -1.45. The molecule has 0 aromatic heterocycles. The van der Waals surface area contributed by atoms with Crippen LogP contribution in [0, 0.1) is 0 Å². The van der Waals surface area contributed by atoms with Gasteiger partial charge in [-0.15, -0.1) is 0 Å². The van der Waals surface area contributed by atoms with Gasteiger partial charge in [0, 0.05) is 13.2 Å². The van der Waals surface area contributed by atoms with E-state index in [9.17, 15) is 0 Å². The van der Waals surface area contributed by atoms with Gasteiger partial charge in [-0.2, -0.15) is 0 Å². The largest absolute Gasteiger partial charge is 0.394 e. The van der Waals surface area contributed by atoms with Crippen LogP contribution in [0.3, 0.4) is 0 Å². The summed E-state index contributed by atoms with van der Waals surface area (Å²) in [6, 6.07) is 0. The molecule has 0 fully saturated rings. The monoisotopic (exact) mass is 188 g/mol. The number of unbranched alkanes of at least 4 members (excludes halogenated alkanes) is 1. The van der Waals surface area contributed by atoms with Crippen molar-refractivity contribution in [3.8, 4) is 0 Å². The van der Waals surface area contributed by atoms with Gasteiger partial charge >= 0.3 is 9.28 Å². The highest BCUT2D eigenvalue weighted by Crippen LogP contribution is 1.95. The van der Waals surface area contributed by atoms with Gasteiger partial charge in [0.05, 0.1) is 0 Å². The second kappa shape index (κ2) is 8.97. The van der Waals surface area contributed by atoms with Crippen LogP contribution in [0.2, 0.25) is 0 Å².